The molecule has 1 aliphatic carbocycles. The van der Waals surface area contributed by atoms with Gasteiger partial charge in [-0.1, -0.05) is 0 Å². The van der Waals surface area contributed by atoms with Gasteiger partial charge in [0, 0.05) is 22.8 Å². The van der Waals surface area contributed by atoms with Gasteiger partial charge in [-0.05, 0) is 18.9 Å². The van der Waals surface area contributed by atoms with Crippen LogP contribution in [0.25, 0.3) is 0 Å². The second-order valence-corrected chi connectivity index (χ2v) is 6.98. The van der Waals surface area contributed by atoms with Gasteiger partial charge < -0.3 is 9.72 Å². The molecule has 0 aliphatic heterocycles. The first-order valence-electron chi connectivity index (χ1n) is 5.89. The summed E-state index contributed by atoms with van der Waals surface area (Å²) in [5.74, 6) is -3.86. The molecule has 0 bridgehead atoms. The number of carbonyl (C=O) groups is 1. The van der Waals surface area contributed by atoms with E-state index in [4.69, 9.17) is 15.4 Å². The van der Waals surface area contributed by atoms with E-state index in [1.807, 2.05) is 0 Å². The Kier molecular flexibility index (Phi) is 3.81. The van der Waals surface area contributed by atoms with E-state index in [1.54, 1.807) is 6.92 Å². The Morgan fingerprint density at radius 1 is 1.50 bits per heavy atom. The zero-order valence-electron chi connectivity index (χ0n) is 10.5. The highest BCUT2D eigenvalue weighted by atomic mass is 35.7. The Morgan fingerprint density at radius 3 is 2.70 bits per heavy atom. The Bertz CT molecular complexity index is 654. The van der Waals surface area contributed by atoms with Crippen molar-refractivity contribution in [2.75, 3.05) is 6.61 Å². The summed E-state index contributed by atoms with van der Waals surface area (Å²) in [6.45, 7) is 1.57. The average molecular weight is 328 g/mol. The maximum atomic E-state index is 13.4. The highest BCUT2D eigenvalue weighted by Crippen LogP contribution is 2.38. The molecule has 0 saturated carbocycles. The molecule has 112 valence electrons. The summed E-state index contributed by atoms with van der Waals surface area (Å²) < 4.78 is 54.6. The lowest BCUT2D eigenvalue weighted by molar-refractivity contribution is -0.0133. The molecule has 1 N–H and O–H groups in total. The van der Waals surface area contributed by atoms with Gasteiger partial charge in [0.15, 0.2) is 0 Å². The molecule has 1 aromatic heterocycles. The quantitative estimate of drug-likeness (QED) is 0.682. The van der Waals surface area contributed by atoms with Gasteiger partial charge in [-0.3, -0.25) is 0 Å². The largest absolute Gasteiger partial charge is 0.461 e. The summed E-state index contributed by atoms with van der Waals surface area (Å²) in [4.78, 5) is 13.7. The first-order chi connectivity index (χ1) is 9.15. The number of nitrogens with one attached hydrogen (secondary N) is 1. The molecule has 1 heterocycles. The van der Waals surface area contributed by atoms with Crippen molar-refractivity contribution in [1.29, 1.82) is 0 Å². The Hall–Kier alpha value is -1.15. The number of H-pyrrole nitrogens is 1. The average Bonchev–Trinajstić information content (AvgIpc) is 2.65. The van der Waals surface area contributed by atoms with Crippen molar-refractivity contribution in [3.63, 3.8) is 0 Å². The van der Waals surface area contributed by atoms with Crippen molar-refractivity contribution in [1.82, 2.24) is 4.98 Å². The Balaban J connectivity index is 2.59. The third-order valence-electron chi connectivity index (χ3n) is 3.04. The molecule has 2 rings (SSSR count). The van der Waals surface area contributed by atoms with E-state index in [9.17, 15) is 22.0 Å². The number of hydrogen-bond donors (Lipinski definition) is 1. The first kappa shape index (κ1) is 15.2. The predicted molar refractivity (Wildman–Crippen MR) is 66.8 cm³/mol. The molecular weight excluding hydrogens is 316 g/mol. The van der Waals surface area contributed by atoms with Gasteiger partial charge in [-0.15, -0.1) is 0 Å². The number of esters is 1. The van der Waals surface area contributed by atoms with Crippen LogP contribution in [0, 0.1) is 0 Å². The zero-order valence-corrected chi connectivity index (χ0v) is 12.1. The number of halogens is 3. The van der Waals surface area contributed by atoms with Gasteiger partial charge in [0.25, 0.3) is 15.0 Å². The van der Waals surface area contributed by atoms with Gasteiger partial charge >= 0.3 is 5.97 Å². The zero-order chi connectivity index (χ0) is 15.1. The molecule has 0 aromatic carbocycles. The maximum Gasteiger partial charge on any atom is 0.356 e. The molecule has 0 unspecified atom stereocenters. The number of fused-ring (bicyclic) bond motifs is 1. The number of ether oxygens (including phenoxy) is 1. The summed E-state index contributed by atoms with van der Waals surface area (Å²) in [5.41, 5.74) is -0.220. The summed E-state index contributed by atoms with van der Waals surface area (Å²) in [6, 6.07) is 0. The fourth-order valence-corrected chi connectivity index (χ4v) is 3.67. The normalized spacial score (nSPS) is 17.6. The van der Waals surface area contributed by atoms with Gasteiger partial charge in [-0.25, -0.2) is 22.0 Å². The molecule has 0 radical (unpaired) electrons. The van der Waals surface area contributed by atoms with Crippen LogP contribution < -0.4 is 0 Å². The summed E-state index contributed by atoms with van der Waals surface area (Å²) in [7, 11) is 1.08. The van der Waals surface area contributed by atoms with Crippen molar-refractivity contribution < 1.29 is 26.7 Å². The second kappa shape index (κ2) is 5.00. The van der Waals surface area contributed by atoms with Crippen LogP contribution >= 0.6 is 10.7 Å². The van der Waals surface area contributed by atoms with Crippen LogP contribution in [-0.4, -0.2) is 31.9 Å². The lowest BCUT2D eigenvalue weighted by Crippen LogP contribution is -2.26. The van der Waals surface area contributed by atoms with Gasteiger partial charge in [-0.2, -0.15) is 0 Å². The molecule has 1 aliphatic rings. The van der Waals surface area contributed by atoms with Crippen molar-refractivity contribution in [2.24, 2.45) is 0 Å². The van der Waals surface area contributed by atoms with E-state index >= 15 is 0 Å². The minimum absolute atomic E-state index is 0.0172. The maximum absolute atomic E-state index is 13.4. The molecule has 20 heavy (non-hydrogen) atoms. The molecule has 5 nitrogen and oxygen atoms in total. The standard InChI is InChI=1S/C11H12ClF2NO4S/c1-2-19-10(16)8-9(20(12,17)18)6-3-4-11(13,14)5-7(6)15-8/h15H,2-5H2,1H3. The van der Waals surface area contributed by atoms with E-state index in [0.717, 1.165) is 0 Å². The molecule has 0 spiro atoms. The summed E-state index contributed by atoms with van der Waals surface area (Å²) >= 11 is 0. The summed E-state index contributed by atoms with van der Waals surface area (Å²) in [5, 5.41) is 0. The van der Waals surface area contributed by atoms with Crippen LogP contribution in [0.1, 0.15) is 35.1 Å². The fraction of sp³-hybridized carbons (Fsp3) is 0.545. The Morgan fingerprint density at radius 2 is 2.15 bits per heavy atom. The number of hydrogen-bond acceptors (Lipinski definition) is 4. The third-order valence-corrected chi connectivity index (χ3v) is 4.44. The molecule has 0 atom stereocenters. The highest BCUT2D eigenvalue weighted by molar-refractivity contribution is 8.13. The van der Waals surface area contributed by atoms with Crippen LogP contribution in [0.4, 0.5) is 8.78 Å². The van der Waals surface area contributed by atoms with E-state index in [1.165, 1.54) is 0 Å². The van der Waals surface area contributed by atoms with Gasteiger partial charge in [0.1, 0.15) is 10.6 Å². The van der Waals surface area contributed by atoms with Crippen LogP contribution in [0.15, 0.2) is 4.90 Å². The van der Waals surface area contributed by atoms with E-state index in [2.05, 4.69) is 4.98 Å². The lowest BCUT2D eigenvalue weighted by Gasteiger charge is -2.21. The number of aromatic nitrogens is 1. The highest BCUT2D eigenvalue weighted by Gasteiger charge is 2.40. The minimum atomic E-state index is -4.24. The fourth-order valence-electron chi connectivity index (χ4n) is 2.26. The third kappa shape index (κ3) is 2.80. The smallest absolute Gasteiger partial charge is 0.356 e. The number of alkyl halides is 2. The first-order valence-corrected chi connectivity index (χ1v) is 8.20. The van der Waals surface area contributed by atoms with Crippen LogP contribution in [0.2, 0.25) is 0 Å². The van der Waals surface area contributed by atoms with E-state index in [0.29, 0.717) is 0 Å². The second-order valence-electron chi connectivity index (χ2n) is 4.48. The SMILES string of the molecule is CCOC(=O)c1[nH]c2c(c1S(=O)(=O)Cl)CCC(F)(F)C2. The monoisotopic (exact) mass is 327 g/mol. The molecule has 9 heteroatoms. The van der Waals surface area contributed by atoms with E-state index < -0.39 is 38.7 Å². The van der Waals surface area contributed by atoms with Gasteiger partial charge in [0.2, 0.25) is 0 Å². The number of carbonyl (C=O) groups excluding carboxylic acids is 1. The van der Waals surface area contributed by atoms with Crippen molar-refractivity contribution >= 4 is 25.7 Å². The molecule has 0 fully saturated rings. The topological polar surface area (TPSA) is 76.2 Å². The van der Waals surface area contributed by atoms with E-state index in [-0.39, 0.29) is 30.0 Å². The molecule has 0 amide bonds. The lowest BCUT2D eigenvalue weighted by atomic mass is 9.95. The number of rotatable bonds is 3. The van der Waals surface area contributed by atoms with Gasteiger partial charge in [0.05, 0.1) is 13.0 Å². The summed E-state index contributed by atoms with van der Waals surface area (Å²) in [6.07, 6.45) is -1.31. The minimum Gasteiger partial charge on any atom is -0.461 e. The van der Waals surface area contributed by atoms with Crippen LogP contribution in [0.5, 0.6) is 0 Å². The Labute approximate surface area is 118 Å². The number of aromatic amines is 1. The van der Waals surface area contributed by atoms with Crippen molar-refractivity contribution in [3.05, 3.63) is 17.0 Å². The van der Waals surface area contributed by atoms with Crippen LogP contribution in [0.3, 0.4) is 0 Å². The van der Waals surface area contributed by atoms with Crippen LogP contribution in [-0.2, 0) is 26.6 Å². The molecule has 1 aromatic rings. The molecular formula is C11H12ClF2NO4S. The van der Waals surface area contributed by atoms with Crippen molar-refractivity contribution in [3.8, 4) is 0 Å². The molecule has 0 saturated heterocycles. The predicted octanol–water partition coefficient (Wildman–Crippen LogP) is 2.24. The van der Waals surface area contributed by atoms with Crippen molar-refractivity contribution in [2.45, 2.75) is 37.0 Å².